The molecule has 0 fully saturated rings. The lowest BCUT2D eigenvalue weighted by Crippen LogP contribution is -2.28. The van der Waals surface area contributed by atoms with Gasteiger partial charge in [0, 0.05) is 0 Å². The van der Waals surface area contributed by atoms with E-state index in [1.54, 1.807) is 19.1 Å². The Morgan fingerprint density at radius 3 is 2.60 bits per heavy atom. The molecule has 1 N–H and O–H groups in total. The lowest BCUT2D eigenvalue weighted by molar-refractivity contribution is -0.145. The van der Waals surface area contributed by atoms with Gasteiger partial charge in [-0.2, -0.15) is 0 Å². The van der Waals surface area contributed by atoms with Crippen molar-refractivity contribution in [1.82, 2.24) is 0 Å². The van der Waals surface area contributed by atoms with Crippen molar-refractivity contribution in [3.05, 3.63) is 23.8 Å². The summed E-state index contributed by atoms with van der Waals surface area (Å²) in [5.74, 6) is -2.05. The first kappa shape index (κ1) is 11.7. The van der Waals surface area contributed by atoms with Gasteiger partial charge in [-0.05, 0) is 24.5 Å². The molecule has 0 radical (unpaired) electrons. The van der Waals surface area contributed by atoms with Crippen molar-refractivity contribution in [2.75, 3.05) is 0 Å². The van der Waals surface area contributed by atoms with Crippen LogP contribution < -0.4 is 0 Å². The van der Waals surface area contributed by atoms with Crippen LogP contribution in [-0.4, -0.2) is 16.9 Å². The highest BCUT2D eigenvalue weighted by molar-refractivity contribution is 5.97. The van der Waals surface area contributed by atoms with Crippen molar-refractivity contribution in [2.45, 2.75) is 26.7 Å². The second-order valence-electron chi connectivity index (χ2n) is 3.71. The molecule has 3 heteroatoms. The molecule has 0 aromatic carbocycles. The zero-order valence-corrected chi connectivity index (χ0v) is 9.06. The first-order valence-electron chi connectivity index (χ1n) is 5.25. The van der Waals surface area contributed by atoms with Crippen LogP contribution in [0.5, 0.6) is 0 Å². The van der Waals surface area contributed by atoms with Crippen molar-refractivity contribution in [3.63, 3.8) is 0 Å². The molecular formula is C12H16O3. The van der Waals surface area contributed by atoms with E-state index in [2.05, 4.69) is 0 Å². The minimum Gasteiger partial charge on any atom is -0.481 e. The van der Waals surface area contributed by atoms with Crippen LogP contribution in [0.15, 0.2) is 23.8 Å². The second-order valence-corrected chi connectivity index (χ2v) is 3.71. The monoisotopic (exact) mass is 208 g/mol. The molecule has 15 heavy (non-hydrogen) atoms. The number of carboxylic acids is 1. The first-order valence-corrected chi connectivity index (χ1v) is 5.25. The maximum atomic E-state index is 11.7. The number of carboxylic acid groups (broad SMARTS) is 1. The number of ketones is 1. The molecule has 0 saturated carbocycles. The van der Waals surface area contributed by atoms with E-state index >= 15 is 0 Å². The van der Waals surface area contributed by atoms with Gasteiger partial charge in [0.1, 0.15) is 0 Å². The van der Waals surface area contributed by atoms with Crippen molar-refractivity contribution >= 4 is 11.8 Å². The molecule has 3 nitrogen and oxygen atoms in total. The summed E-state index contributed by atoms with van der Waals surface area (Å²) in [6.45, 7) is 3.76. The molecule has 82 valence electrons. The Labute approximate surface area is 89.5 Å². The highest BCUT2D eigenvalue weighted by Gasteiger charge is 2.30. The molecule has 0 aromatic heterocycles. The summed E-state index contributed by atoms with van der Waals surface area (Å²) in [4.78, 5) is 22.6. The Morgan fingerprint density at radius 1 is 1.53 bits per heavy atom. The fourth-order valence-electron chi connectivity index (χ4n) is 1.78. The molecule has 0 aromatic rings. The normalized spacial score (nSPS) is 22.4. The van der Waals surface area contributed by atoms with Crippen LogP contribution in [-0.2, 0) is 9.59 Å². The van der Waals surface area contributed by atoms with E-state index in [9.17, 15) is 9.59 Å². The third-order valence-corrected chi connectivity index (χ3v) is 2.77. The molecule has 1 aliphatic carbocycles. The second kappa shape index (κ2) is 4.91. The van der Waals surface area contributed by atoms with Crippen LogP contribution in [0.3, 0.4) is 0 Å². The van der Waals surface area contributed by atoms with Gasteiger partial charge in [0.05, 0.1) is 11.8 Å². The van der Waals surface area contributed by atoms with Crippen molar-refractivity contribution in [2.24, 2.45) is 11.8 Å². The SMILES string of the molecule is CCC1=CC(=O)C(C(CC)C(=O)O)C=C1. The number of hydrogen-bond acceptors (Lipinski definition) is 2. The summed E-state index contributed by atoms with van der Waals surface area (Å²) in [5.41, 5.74) is 0.969. The van der Waals surface area contributed by atoms with E-state index in [4.69, 9.17) is 5.11 Å². The van der Waals surface area contributed by atoms with Crippen molar-refractivity contribution < 1.29 is 14.7 Å². The van der Waals surface area contributed by atoms with Gasteiger partial charge in [-0.3, -0.25) is 9.59 Å². The molecule has 2 unspecified atom stereocenters. The topological polar surface area (TPSA) is 54.4 Å². The summed E-state index contributed by atoms with van der Waals surface area (Å²) in [7, 11) is 0. The van der Waals surface area contributed by atoms with Crippen molar-refractivity contribution in [1.29, 1.82) is 0 Å². The van der Waals surface area contributed by atoms with E-state index in [0.717, 1.165) is 12.0 Å². The van der Waals surface area contributed by atoms with Gasteiger partial charge < -0.3 is 5.11 Å². The van der Waals surface area contributed by atoms with Crippen LogP contribution in [0.1, 0.15) is 26.7 Å². The average Bonchev–Trinajstić information content (AvgIpc) is 2.20. The molecule has 0 heterocycles. The molecular weight excluding hydrogens is 192 g/mol. The minimum atomic E-state index is -0.895. The quantitative estimate of drug-likeness (QED) is 0.770. The number of hydrogen-bond donors (Lipinski definition) is 1. The Hall–Kier alpha value is -1.38. The smallest absolute Gasteiger partial charge is 0.307 e. The van der Waals surface area contributed by atoms with Crippen molar-refractivity contribution in [3.8, 4) is 0 Å². The van der Waals surface area contributed by atoms with Gasteiger partial charge in [0.25, 0.3) is 0 Å². The maximum absolute atomic E-state index is 11.7. The Balaban J connectivity index is 2.84. The Kier molecular flexibility index (Phi) is 3.83. The number of carbonyl (C=O) groups excluding carboxylic acids is 1. The van der Waals surface area contributed by atoms with Crippen LogP contribution in [0, 0.1) is 11.8 Å². The van der Waals surface area contributed by atoms with E-state index in [0.29, 0.717) is 6.42 Å². The predicted octanol–water partition coefficient (Wildman–Crippen LogP) is 2.19. The fraction of sp³-hybridized carbons (Fsp3) is 0.500. The third kappa shape index (κ3) is 2.55. The zero-order valence-electron chi connectivity index (χ0n) is 9.06. The number of carbonyl (C=O) groups is 2. The lowest BCUT2D eigenvalue weighted by Gasteiger charge is -2.20. The van der Waals surface area contributed by atoms with E-state index in [-0.39, 0.29) is 5.78 Å². The molecule has 2 atom stereocenters. The van der Waals surface area contributed by atoms with Gasteiger partial charge in [0.15, 0.2) is 5.78 Å². The molecule has 1 aliphatic rings. The summed E-state index contributed by atoms with van der Waals surface area (Å²) in [6.07, 6.45) is 6.43. The van der Waals surface area contributed by atoms with E-state index in [1.807, 2.05) is 13.0 Å². The van der Waals surface area contributed by atoms with Gasteiger partial charge >= 0.3 is 5.97 Å². The van der Waals surface area contributed by atoms with Gasteiger partial charge in [-0.15, -0.1) is 0 Å². The van der Waals surface area contributed by atoms with Crippen LogP contribution in [0.2, 0.25) is 0 Å². The lowest BCUT2D eigenvalue weighted by atomic mass is 9.82. The Morgan fingerprint density at radius 2 is 2.20 bits per heavy atom. The fourth-order valence-corrected chi connectivity index (χ4v) is 1.78. The summed E-state index contributed by atoms with van der Waals surface area (Å²) in [6, 6.07) is 0. The minimum absolute atomic E-state index is 0.0800. The predicted molar refractivity (Wildman–Crippen MR) is 57.4 cm³/mol. The van der Waals surface area contributed by atoms with E-state index in [1.165, 1.54) is 0 Å². The van der Waals surface area contributed by atoms with Crippen LogP contribution >= 0.6 is 0 Å². The molecule has 0 amide bonds. The number of aliphatic carboxylic acids is 1. The summed E-state index contributed by atoms with van der Waals surface area (Å²) in [5, 5.41) is 8.96. The molecule has 1 rings (SSSR count). The van der Waals surface area contributed by atoms with Gasteiger partial charge in [0.2, 0.25) is 0 Å². The van der Waals surface area contributed by atoms with Gasteiger partial charge in [-0.1, -0.05) is 26.0 Å². The number of rotatable bonds is 4. The first-order chi connectivity index (χ1) is 7.10. The summed E-state index contributed by atoms with van der Waals surface area (Å²) < 4.78 is 0. The highest BCUT2D eigenvalue weighted by Crippen LogP contribution is 2.24. The molecule has 0 saturated heterocycles. The molecule has 0 aliphatic heterocycles. The largest absolute Gasteiger partial charge is 0.481 e. The number of allylic oxidation sites excluding steroid dienone is 4. The Bertz CT molecular complexity index is 326. The van der Waals surface area contributed by atoms with Crippen LogP contribution in [0.4, 0.5) is 0 Å². The zero-order chi connectivity index (χ0) is 11.4. The molecule has 0 spiro atoms. The summed E-state index contributed by atoms with van der Waals surface area (Å²) >= 11 is 0. The van der Waals surface area contributed by atoms with Crippen LogP contribution in [0.25, 0.3) is 0 Å². The maximum Gasteiger partial charge on any atom is 0.307 e. The molecule has 0 bridgehead atoms. The third-order valence-electron chi connectivity index (χ3n) is 2.77. The van der Waals surface area contributed by atoms with E-state index < -0.39 is 17.8 Å². The average molecular weight is 208 g/mol. The standard InChI is InChI=1S/C12H16O3/c1-3-8-5-6-10(11(13)7-8)9(4-2)12(14)15/h5-7,9-10H,3-4H2,1-2H3,(H,14,15). The highest BCUT2D eigenvalue weighted by atomic mass is 16.4. The van der Waals surface area contributed by atoms with Gasteiger partial charge in [-0.25, -0.2) is 0 Å².